The molecule has 4 heteroatoms. The topological polar surface area (TPSA) is 53.0 Å². The number of nitrogens with zero attached hydrogens (tertiary/aromatic N) is 2. The highest BCUT2D eigenvalue weighted by Gasteiger charge is 2.21. The van der Waals surface area contributed by atoms with E-state index < -0.39 is 0 Å². The molecule has 1 aromatic carbocycles. The number of likely N-dealkylation sites (tertiary alicyclic amines) is 1. The minimum atomic E-state index is -0.342. The van der Waals surface area contributed by atoms with Crippen LogP contribution in [-0.4, -0.2) is 24.0 Å². The maximum atomic E-state index is 13.4. The van der Waals surface area contributed by atoms with E-state index in [-0.39, 0.29) is 5.82 Å². The van der Waals surface area contributed by atoms with Gasteiger partial charge in [-0.15, -0.1) is 0 Å². The molecule has 0 bridgehead atoms. The number of piperidine rings is 1. The SMILES string of the molecule is N#Cc1cc(F)cc(CN2CCCCC2CN)c1. The highest BCUT2D eigenvalue weighted by Crippen LogP contribution is 2.20. The number of nitriles is 1. The van der Waals surface area contributed by atoms with Crippen LogP contribution in [0.25, 0.3) is 0 Å². The lowest BCUT2D eigenvalue weighted by molar-refractivity contribution is 0.144. The van der Waals surface area contributed by atoms with E-state index in [9.17, 15) is 4.39 Å². The average molecular weight is 247 g/mol. The molecule has 0 aliphatic carbocycles. The summed E-state index contributed by atoms with van der Waals surface area (Å²) in [6.07, 6.45) is 3.48. The Morgan fingerprint density at radius 1 is 1.39 bits per heavy atom. The minimum absolute atomic E-state index is 0.342. The number of rotatable bonds is 3. The Bertz CT molecular complexity index is 453. The quantitative estimate of drug-likeness (QED) is 0.889. The summed E-state index contributed by atoms with van der Waals surface area (Å²) in [6.45, 7) is 2.31. The van der Waals surface area contributed by atoms with E-state index in [0.717, 1.165) is 24.9 Å². The molecule has 2 rings (SSSR count). The minimum Gasteiger partial charge on any atom is -0.329 e. The molecule has 1 unspecified atom stereocenters. The fraction of sp³-hybridized carbons (Fsp3) is 0.500. The van der Waals surface area contributed by atoms with Crippen LogP contribution < -0.4 is 5.73 Å². The van der Waals surface area contributed by atoms with E-state index in [0.29, 0.717) is 24.7 Å². The smallest absolute Gasteiger partial charge is 0.124 e. The summed E-state index contributed by atoms with van der Waals surface area (Å²) in [6, 6.07) is 6.89. The molecular formula is C14H18FN3. The molecule has 1 saturated heterocycles. The molecule has 18 heavy (non-hydrogen) atoms. The Kier molecular flexibility index (Phi) is 4.29. The first-order chi connectivity index (χ1) is 8.72. The second kappa shape index (κ2) is 5.94. The molecule has 2 N–H and O–H groups in total. The lowest BCUT2D eigenvalue weighted by Gasteiger charge is -2.35. The van der Waals surface area contributed by atoms with Gasteiger partial charge >= 0.3 is 0 Å². The predicted molar refractivity (Wildman–Crippen MR) is 68.2 cm³/mol. The summed E-state index contributed by atoms with van der Waals surface area (Å²) >= 11 is 0. The van der Waals surface area contributed by atoms with Crippen LogP contribution in [0.4, 0.5) is 4.39 Å². The van der Waals surface area contributed by atoms with E-state index in [1.54, 1.807) is 6.07 Å². The maximum Gasteiger partial charge on any atom is 0.124 e. The Hall–Kier alpha value is -1.44. The number of hydrogen-bond donors (Lipinski definition) is 1. The predicted octanol–water partition coefficient (Wildman–Crippen LogP) is 2.01. The number of nitrogens with two attached hydrogens (primary N) is 1. The molecule has 1 aromatic rings. The molecule has 0 aromatic heterocycles. The van der Waals surface area contributed by atoms with E-state index in [4.69, 9.17) is 11.0 Å². The van der Waals surface area contributed by atoms with Gasteiger partial charge < -0.3 is 5.73 Å². The number of hydrogen-bond acceptors (Lipinski definition) is 3. The molecule has 1 aliphatic heterocycles. The van der Waals surface area contributed by atoms with Crippen LogP contribution in [0.3, 0.4) is 0 Å². The van der Waals surface area contributed by atoms with Crippen LogP contribution in [-0.2, 0) is 6.54 Å². The van der Waals surface area contributed by atoms with Gasteiger partial charge in [0.25, 0.3) is 0 Å². The van der Waals surface area contributed by atoms with E-state index in [1.807, 2.05) is 6.07 Å². The summed E-state index contributed by atoms with van der Waals surface area (Å²) in [5.41, 5.74) is 7.00. The molecule has 1 aliphatic rings. The molecule has 0 radical (unpaired) electrons. The van der Waals surface area contributed by atoms with Crippen molar-refractivity contribution in [2.45, 2.75) is 31.8 Å². The number of benzene rings is 1. The Labute approximate surface area is 107 Å². The summed E-state index contributed by atoms with van der Waals surface area (Å²) < 4.78 is 13.4. The Morgan fingerprint density at radius 3 is 2.94 bits per heavy atom. The number of halogens is 1. The Morgan fingerprint density at radius 2 is 2.22 bits per heavy atom. The van der Waals surface area contributed by atoms with Crippen LogP contribution in [0.5, 0.6) is 0 Å². The van der Waals surface area contributed by atoms with Crippen molar-refractivity contribution in [2.75, 3.05) is 13.1 Å². The van der Waals surface area contributed by atoms with E-state index in [2.05, 4.69) is 4.90 Å². The first-order valence-corrected chi connectivity index (χ1v) is 6.36. The molecule has 96 valence electrons. The van der Waals surface area contributed by atoms with Crippen LogP contribution in [0.1, 0.15) is 30.4 Å². The van der Waals surface area contributed by atoms with Gasteiger partial charge in [0.15, 0.2) is 0 Å². The maximum absolute atomic E-state index is 13.4. The molecular weight excluding hydrogens is 229 g/mol. The molecule has 0 saturated carbocycles. The van der Waals surface area contributed by atoms with Crippen molar-refractivity contribution >= 4 is 0 Å². The zero-order valence-electron chi connectivity index (χ0n) is 10.4. The van der Waals surface area contributed by atoms with Gasteiger partial charge in [-0.25, -0.2) is 4.39 Å². The third kappa shape index (κ3) is 3.06. The standard InChI is InChI=1S/C14H18FN3/c15-13-6-11(8-16)5-12(7-13)10-18-4-2-1-3-14(18)9-17/h5-7,14H,1-4,9-10,17H2. The summed E-state index contributed by atoms with van der Waals surface area (Å²) in [5.74, 6) is -0.342. The van der Waals surface area contributed by atoms with Crippen LogP contribution >= 0.6 is 0 Å². The van der Waals surface area contributed by atoms with Gasteiger partial charge in [0.2, 0.25) is 0 Å². The lowest BCUT2D eigenvalue weighted by Crippen LogP contribution is -2.43. The second-order valence-corrected chi connectivity index (χ2v) is 4.82. The normalized spacial score (nSPS) is 20.6. The van der Waals surface area contributed by atoms with E-state index in [1.165, 1.54) is 18.6 Å². The molecule has 1 heterocycles. The monoisotopic (exact) mass is 247 g/mol. The highest BCUT2D eigenvalue weighted by atomic mass is 19.1. The second-order valence-electron chi connectivity index (χ2n) is 4.82. The first-order valence-electron chi connectivity index (χ1n) is 6.36. The highest BCUT2D eigenvalue weighted by molar-refractivity contribution is 5.33. The third-order valence-corrected chi connectivity index (χ3v) is 3.49. The first kappa shape index (κ1) is 13.0. The van der Waals surface area contributed by atoms with Gasteiger partial charge in [-0.1, -0.05) is 6.42 Å². The van der Waals surface area contributed by atoms with Crippen molar-refractivity contribution in [1.82, 2.24) is 4.90 Å². The zero-order valence-corrected chi connectivity index (χ0v) is 10.4. The van der Waals surface area contributed by atoms with Crippen molar-refractivity contribution in [3.05, 3.63) is 35.1 Å². The third-order valence-electron chi connectivity index (χ3n) is 3.49. The van der Waals surface area contributed by atoms with Crippen LogP contribution in [0.15, 0.2) is 18.2 Å². The lowest BCUT2D eigenvalue weighted by atomic mass is 10.0. The van der Waals surface area contributed by atoms with Crippen molar-refractivity contribution in [3.63, 3.8) is 0 Å². The van der Waals surface area contributed by atoms with Gasteiger partial charge in [0.1, 0.15) is 5.82 Å². The van der Waals surface area contributed by atoms with Crippen molar-refractivity contribution in [1.29, 1.82) is 5.26 Å². The van der Waals surface area contributed by atoms with Gasteiger partial charge in [-0.3, -0.25) is 4.90 Å². The molecule has 0 spiro atoms. The van der Waals surface area contributed by atoms with Gasteiger partial charge in [0, 0.05) is 19.1 Å². The zero-order chi connectivity index (χ0) is 13.0. The fourth-order valence-corrected chi connectivity index (χ4v) is 2.58. The van der Waals surface area contributed by atoms with Crippen molar-refractivity contribution < 1.29 is 4.39 Å². The van der Waals surface area contributed by atoms with E-state index >= 15 is 0 Å². The summed E-state index contributed by atoms with van der Waals surface area (Å²) in [5, 5.41) is 8.84. The summed E-state index contributed by atoms with van der Waals surface area (Å²) in [4.78, 5) is 2.29. The van der Waals surface area contributed by atoms with Crippen molar-refractivity contribution in [3.8, 4) is 6.07 Å². The average Bonchev–Trinajstić information content (AvgIpc) is 2.38. The van der Waals surface area contributed by atoms with Crippen LogP contribution in [0, 0.1) is 17.1 Å². The van der Waals surface area contributed by atoms with Crippen molar-refractivity contribution in [2.24, 2.45) is 5.73 Å². The summed E-state index contributed by atoms with van der Waals surface area (Å²) in [7, 11) is 0. The Balaban J connectivity index is 2.12. The van der Waals surface area contributed by atoms with Gasteiger partial charge in [-0.2, -0.15) is 5.26 Å². The largest absolute Gasteiger partial charge is 0.329 e. The van der Waals surface area contributed by atoms with Gasteiger partial charge in [0.05, 0.1) is 11.6 Å². The van der Waals surface area contributed by atoms with Gasteiger partial charge in [-0.05, 0) is 43.1 Å². The fourth-order valence-electron chi connectivity index (χ4n) is 2.58. The molecule has 1 fully saturated rings. The molecule has 3 nitrogen and oxygen atoms in total. The molecule has 0 amide bonds. The molecule has 1 atom stereocenters. The van der Waals surface area contributed by atoms with Crippen LogP contribution in [0.2, 0.25) is 0 Å².